The highest BCUT2D eigenvalue weighted by atomic mass is 16.5. The van der Waals surface area contributed by atoms with Gasteiger partial charge in [-0.25, -0.2) is 0 Å². The first-order valence-corrected chi connectivity index (χ1v) is 11.1. The second-order valence-corrected chi connectivity index (χ2v) is 10.2. The lowest BCUT2D eigenvalue weighted by molar-refractivity contribution is -0.212. The van der Waals surface area contributed by atoms with Crippen molar-refractivity contribution in [1.29, 1.82) is 0 Å². The number of fused-ring (bicyclic) bond motifs is 5. The molecule has 28 heavy (non-hydrogen) atoms. The number of nitrogens with two attached hydrogens (primary N) is 1. The normalized spacial score (nSPS) is 47.6. The van der Waals surface area contributed by atoms with Gasteiger partial charge in [-0.3, -0.25) is 9.59 Å². The van der Waals surface area contributed by atoms with E-state index in [0.29, 0.717) is 32.1 Å². The highest BCUT2D eigenvalue weighted by Gasteiger charge is 2.72. The van der Waals surface area contributed by atoms with E-state index < -0.39 is 16.6 Å². The van der Waals surface area contributed by atoms with Crippen LogP contribution in [-0.2, 0) is 14.3 Å². The second-order valence-electron chi connectivity index (χ2n) is 10.2. The Morgan fingerprint density at radius 2 is 1.96 bits per heavy atom. The van der Waals surface area contributed by atoms with Crippen LogP contribution in [0.25, 0.3) is 0 Å². The maximum atomic E-state index is 12.2. The van der Waals surface area contributed by atoms with E-state index in [4.69, 9.17) is 10.5 Å². The lowest BCUT2D eigenvalue weighted by Crippen LogP contribution is -2.77. The molecule has 4 aliphatic carbocycles. The van der Waals surface area contributed by atoms with Crippen molar-refractivity contribution in [2.75, 3.05) is 0 Å². The molecule has 0 radical (unpaired) electrons. The first kappa shape index (κ1) is 20.1. The predicted molar refractivity (Wildman–Crippen MR) is 106 cm³/mol. The van der Waals surface area contributed by atoms with Crippen LogP contribution >= 0.6 is 0 Å². The summed E-state index contributed by atoms with van der Waals surface area (Å²) < 4.78 is 5.90. The van der Waals surface area contributed by atoms with Crippen molar-refractivity contribution >= 4 is 11.8 Å². The number of carbonyl (C=O) groups excluding carboxylic acids is 2. The summed E-state index contributed by atoms with van der Waals surface area (Å²) in [7, 11) is 0. The maximum absolute atomic E-state index is 12.2. The lowest BCUT2D eigenvalue weighted by atomic mass is 9.42. The fourth-order valence-electron chi connectivity index (χ4n) is 7.26. The van der Waals surface area contributed by atoms with Gasteiger partial charge in [0.05, 0.1) is 5.60 Å². The number of carbonyl (C=O) groups is 2. The van der Waals surface area contributed by atoms with E-state index in [2.05, 4.69) is 13.8 Å². The van der Waals surface area contributed by atoms with Gasteiger partial charge >= 0.3 is 5.97 Å². The van der Waals surface area contributed by atoms with Gasteiger partial charge in [0, 0.05) is 29.2 Å². The minimum Gasteiger partial charge on any atom is -0.462 e. The van der Waals surface area contributed by atoms with E-state index in [0.717, 1.165) is 37.7 Å². The number of ketones is 1. The van der Waals surface area contributed by atoms with Crippen molar-refractivity contribution in [3.8, 4) is 0 Å². The van der Waals surface area contributed by atoms with Crippen molar-refractivity contribution in [3.05, 3.63) is 11.6 Å². The summed E-state index contributed by atoms with van der Waals surface area (Å²) in [6.45, 7) is 6.31. The zero-order valence-electron chi connectivity index (χ0n) is 17.6. The Hall–Kier alpha value is -1.20. The summed E-state index contributed by atoms with van der Waals surface area (Å²) in [4.78, 5) is 24.2. The molecule has 0 spiro atoms. The van der Waals surface area contributed by atoms with Crippen LogP contribution in [0.4, 0.5) is 0 Å². The highest BCUT2D eigenvalue weighted by Crippen LogP contribution is 2.68. The van der Waals surface area contributed by atoms with Crippen LogP contribution in [0.2, 0.25) is 0 Å². The van der Waals surface area contributed by atoms with E-state index in [1.54, 1.807) is 6.08 Å². The van der Waals surface area contributed by atoms with Crippen LogP contribution in [0.15, 0.2) is 11.6 Å². The topological polar surface area (TPSA) is 89.6 Å². The van der Waals surface area contributed by atoms with E-state index in [1.165, 1.54) is 0 Å². The molecule has 156 valence electrons. The van der Waals surface area contributed by atoms with Crippen LogP contribution in [0.5, 0.6) is 0 Å². The van der Waals surface area contributed by atoms with Crippen LogP contribution in [0.1, 0.15) is 85.0 Å². The summed E-state index contributed by atoms with van der Waals surface area (Å²) in [6.07, 6.45) is 8.63. The molecular weight excluding hydrogens is 354 g/mol. The van der Waals surface area contributed by atoms with Crippen LogP contribution in [-0.4, -0.2) is 34.1 Å². The molecule has 5 heteroatoms. The van der Waals surface area contributed by atoms with Gasteiger partial charge in [-0.15, -0.1) is 0 Å². The predicted octanol–water partition coefficient (Wildman–Crippen LogP) is 3.43. The first-order chi connectivity index (χ1) is 13.1. The summed E-state index contributed by atoms with van der Waals surface area (Å²) >= 11 is 0. The van der Waals surface area contributed by atoms with Gasteiger partial charge in [-0.2, -0.15) is 0 Å². The molecule has 0 saturated heterocycles. The average Bonchev–Trinajstić information content (AvgIpc) is 2.96. The number of aliphatic hydroxyl groups is 1. The summed E-state index contributed by atoms with van der Waals surface area (Å²) in [6, 6.07) is 0. The largest absolute Gasteiger partial charge is 0.462 e. The Bertz CT molecular complexity index is 732. The molecule has 0 heterocycles. The monoisotopic (exact) mass is 389 g/mol. The van der Waals surface area contributed by atoms with Gasteiger partial charge in [0.2, 0.25) is 0 Å². The molecule has 4 aliphatic rings. The van der Waals surface area contributed by atoms with E-state index in [-0.39, 0.29) is 29.2 Å². The van der Waals surface area contributed by atoms with Crippen LogP contribution in [0, 0.1) is 16.7 Å². The van der Waals surface area contributed by atoms with E-state index >= 15 is 0 Å². The number of hydrogen-bond acceptors (Lipinski definition) is 5. The molecule has 4 rings (SSSR count). The fourth-order valence-corrected chi connectivity index (χ4v) is 7.26. The summed E-state index contributed by atoms with van der Waals surface area (Å²) in [5.41, 5.74) is 5.88. The van der Waals surface area contributed by atoms with Crippen molar-refractivity contribution in [3.63, 3.8) is 0 Å². The Kier molecular flexibility index (Phi) is 4.59. The van der Waals surface area contributed by atoms with E-state index in [1.807, 2.05) is 6.92 Å². The van der Waals surface area contributed by atoms with Crippen LogP contribution in [0.3, 0.4) is 0 Å². The highest BCUT2D eigenvalue weighted by molar-refractivity contribution is 5.91. The Morgan fingerprint density at radius 3 is 2.68 bits per heavy atom. The van der Waals surface area contributed by atoms with Gasteiger partial charge in [0.1, 0.15) is 6.10 Å². The summed E-state index contributed by atoms with van der Waals surface area (Å²) in [5, 5.41) is 12.1. The molecule has 6 atom stereocenters. The Labute approximate surface area is 168 Å². The van der Waals surface area contributed by atoms with Crippen LogP contribution < -0.4 is 5.73 Å². The molecule has 3 saturated carbocycles. The second kappa shape index (κ2) is 6.40. The molecule has 3 N–H and O–H groups in total. The first-order valence-electron chi connectivity index (χ1n) is 11.1. The van der Waals surface area contributed by atoms with Crippen molar-refractivity contribution < 1.29 is 19.4 Å². The number of ether oxygens (including phenoxy) is 1. The van der Waals surface area contributed by atoms with E-state index in [9.17, 15) is 14.7 Å². The third kappa shape index (κ3) is 2.44. The number of rotatable bonds is 3. The zero-order chi connectivity index (χ0) is 20.4. The quantitative estimate of drug-likeness (QED) is 0.722. The Morgan fingerprint density at radius 1 is 1.21 bits per heavy atom. The number of esters is 1. The van der Waals surface area contributed by atoms with Gasteiger partial charge < -0.3 is 15.6 Å². The van der Waals surface area contributed by atoms with Crippen molar-refractivity contribution in [2.45, 2.75) is 102 Å². The van der Waals surface area contributed by atoms with Gasteiger partial charge in [-0.1, -0.05) is 26.3 Å². The lowest BCUT2D eigenvalue weighted by Gasteiger charge is -2.67. The third-order valence-corrected chi connectivity index (χ3v) is 9.03. The Balaban J connectivity index is 1.68. The minimum atomic E-state index is -1.02. The smallest absolute Gasteiger partial charge is 0.306 e. The zero-order valence-corrected chi connectivity index (χ0v) is 17.6. The molecular formula is C23H35NO4. The molecule has 3 fully saturated rings. The van der Waals surface area contributed by atoms with Gasteiger partial charge in [-0.05, 0) is 63.4 Å². The van der Waals surface area contributed by atoms with Gasteiger partial charge in [0.25, 0.3) is 0 Å². The molecule has 0 amide bonds. The summed E-state index contributed by atoms with van der Waals surface area (Å²) in [5.74, 6) is 0.173. The SMILES string of the molecule is CCCC(=O)OC1CC[C@@H]2C1(C)CC[C@]1(O)C3(C)CCC(=O)C=C3CCC21N. The standard InChI is InChI=1S/C23H35NO4/c1-4-5-19(26)28-18-7-6-17-20(18,2)12-13-23(27)21(3)10-9-16(25)14-15(21)8-11-22(17,23)24/h14,17-18,27H,4-13,24H2,1-3H3/t17-,18?,20?,21?,22?,23+/m1/s1. The third-order valence-electron chi connectivity index (χ3n) is 9.03. The molecule has 0 aromatic heterocycles. The molecule has 5 nitrogen and oxygen atoms in total. The fraction of sp³-hybridized carbons (Fsp3) is 0.826. The molecule has 0 aliphatic heterocycles. The van der Waals surface area contributed by atoms with Crippen molar-refractivity contribution in [2.24, 2.45) is 22.5 Å². The average molecular weight is 390 g/mol. The van der Waals surface area contributed by atoms with Gasteiger partial charge in [0.15, 0.2) is 5.78 Å². The minimum absolute atomic E-state index is 0.112. The maximum Gasteiger partial charge on any atom is 0.306 e. The molecule has 0 aromatic carbocycles. The molecule has 4 unspecified atom stereocenters. The molecule has 0 aromatic rings. The van der Waals surface area contributed by atoms with Crippen molar-refractivity contribution in [1.82, 2.24) is 0 Å². The molecule has 0 bridgehead atoms. The number of hydrogen-bond donors (Lipinski definition) is 2.